The molecule has 0 aromatic heterocycles. The van der Waals surface area contributed by atoms with Crippen molar-refractivity contribution in [2.75, 3.05) is 6.61 Å². The maximum Gasteiger partial charge on any atom is 0.227 e. The number of likely N-dealkylation sites (tertiary alicyclic amines) is 1. The quantitative estimate of drug-likeness (QED) is 0.745. The van der Waals surface area contributed by atoms with Crippen LogP contribution in [0.25, 0.3) is 12.2 Å². The Morgan fingerprint density at radius 2 is 1.63 bits per heavy atom. The molecule has 4 nitrogen and oxygen atoms in total. The van der Waals surface area contributed by atoms with Crippen molar-refractivity contribution in [2.24, 2.45) is 5.92 Å². The highest BCUT2D eigenvalue weighted by molar-refractivity contribution is 5.81. The Morgan fingerprint density at radius 1 is 1.00 bits per heavy atom. The smallest absolute Gasteiger partial charge is 0.227 e. The van der Waals surface area contributed by atoms with E-state index in [0.717, 1.165) is 42.4 Å². The van der Waals surface area contributed by atoms with Crippen LogP contribution in [0.4, 0.5) is 0 Å². The van der Waals surface area contributed by atoms with Crippen molar-refractivity contribution in [2.45, 2.75) is 50.1 Å². The average Bonchev–Trinajstić information content (AvgIpc) is 2.79. The van der Waals surface area contributed by atoms with Gasteiger partial charge in [0.25, 0.3) is 0 Å². The van der Waals surface area contributed by atoms with E-state index in [2.05, 4.69) is 30.4 Å². The van der Waals surface area contributed by atoms with Crippen molar-refractivity contribution in [3.63, 3.8) is 0 Å². The van der Waals surface area contributed by atoms with Crippen LogP contribution in [-0.2, 0) is 4.79 Å². The van der Waals surface area contributed by atoms with Crippen molar-refractivity contribution in [1.29, 1.82) is 5.26 Å². The molecule has 1 amide bonds. The van der Waals surface area contributed by atoms with E-state index in [1.807, 2.05) is 42.5 Å². The van der Waals surface area contributed by atoms with Gasteiger partial charge in [0.05, 0.1) is 18.7 Å². The van der Waals surface area contributed by atoms with Crippen LogP contribution in [0.1, 0.15) is 54.7 Å². The fraction of sp³-hybridized carbons (Fsp3) is 0.385. The fourth-order valence-corrected chi connectivity index (χ4v) is 4.86. The highest BCUT2D eigenvalue weighted by Crippen LogP contribution is 2.42. The van der Waals surface area contributed by atoms with Crippen LogP contribution in [-0.4, -0.2) is 34.6 Å². The average molecular weight is 401 g/mol. The van der Waals surface area contributed by atoms with Crippen molar-refractivity contribution < 1.29 is 9.90 Å². The molecule has 154 valence electrons. The Hall–Kier alpha value is -2.90. The molecule has 2 aromatic rings. The van der Waals surface area contributed by atoms with Gasteiger partial charge in [0.15, 0.2) is 0 Å². The molecule has 3 atom stereocenters. The molecule has 30 heavy (non-hydrogen) atoms. The lowest BCUT2D eigenvalue weighted by Crippen LogP contribution is -2.66. The summed E-state index contributed by atoms with van der Waals surface area (Å²) >= 11 is 0. The van der Waals surface area contributed by atoms with Gasteiger partial charge in [0, 0.05) is 11.8 Å². The zero-order chi connectivity index (χ0) is 20.9. The number of hydrogen-bond acceptors (Lipinski definition) is 3. The van der Waals surface area contributed by atoms with Gasteiger partial charge in [0.2, 0.25) is 5.91 Å². The summed E-state index contributed by atoms with van der Waals surface area (Å²) in [4.78, 5) is 14.7. The normalized spacial score (nSPS) is 24.4. The van der Waals surface area contributed by atoms with E-state index in [1.165, 1.54) is 6.42 Å². The Balaban J connectivity index is 1.48. The molecule has 0 radical (unpaired) electrons. The molecule has 2 aliphatic rings. The second-order valence-corrected chi connectivity index (χ2v) is 8.34. The summed E-state index contributed by atoms with van der Waals surface area (Å²) in [6.07, 6.45) is 9.26. The van der Waals surface area contributed by atoms with Crippen LogP contribution in [0.3, 0.4) is 0 Å². The van der Waals surface area contributed by atoms with Crippen LogP contribution < -0.4 is 0 Å². The summed E-state index contributed by atoms with van der Waals surface area (Å²) in [5.74, 6) is -0.0752. The van der Waals surface area contributed by atoms with E-state index in [9.17, 15) is 15.2 Å². The molecule has 0 unspecified atom stereocenters. The van der Waals surface area contributed by atoms with Crippen LogP contribution in [0, 0.1) is 17.2 Å². The summed E-state index contributed by atoms with van der Waals surface area (Å²) in [6.45, 7) is -0.114. The number of benzene rings is 2. The van der Waals surface area contributed by atoms with Gasteiger partial charge in [-0.1, -0.05) is 86.0 Å². The van der Waals surface area contributed by atoms with Gasteiger partial charge < -0.3 is 10.0 Å². The van der Waals surface area contributed by atoms with Crippen molar-refractivity contribution >= 4 is 18.1 Å². The third kappa shape index (κ3) is 4.04. The van der Waals surface area contributed by atoms with Gasteiger partial charge in [0.1, 0.15) is 6.04 Å². The Labute approximate surface area is 178 Å². The highest BCUT2D eigenvalue weighted by Gasteiger charge is 2.52. The lowest BCUT2D eigenvalue weighted by Gasteiger charge is -2.52. The molecule has 1 saturated heterocycles. The molecule has 1 aliphatic carbocycles. The van der Waals surface area contributed by atoms with Crippen LogP contribution in [0.15, 0.2) is 54.6 Å². The first kappa shape index (κ1) is 20.4. The predicted octanol–water partition coefficient (Wildman–Crippen LogP) is 4.62. The number of hydrogen-bond donors (Lipinski definition) is 1. The number of amides is 1. The summed E-state index contributed by atoms with van der Waals surface area (Å²) in [5.41, 5.74) is 3.22. The van der Waals surface area contributed by atoms with Gasteiger partial charge in [-0.2, -0.15) is 5.26 Å². The Kier molecular flexibility index (Phi) is 6.30. The van der Waals surface area contributed by atoms with E-state index >= 15 is 0 Å². The lowest BCUT2D eigenvalue weighted by molar-refractivity contribution is -0.152. The number of aliphatic hydroxyl groups is 1. The first-order valence-corrected chi connectivity index (χ1v) is 10.9. The van der Waals surface area contributed by atoms with Gasteiger partial charge in [-0.3, -0.25) is 4.79 Å². The monoisotopic (exact) mass is 400 g/mol. The molecule has 4 rings (SSSR count). The van der Waals surface area contributed by atoms with Crippen LogP contribution >= 0.6 is 0 Å². The maximum absolute atomic E-state index is 13.0. The molecule has 1 heterocycles. The van der Waals surface area contributed by atoms with Gasteiger partial charge in [-0.15, -0.1) is 0 Å². The number of rotatable bonds is 5. The second-order valence-electron chi connectivity index (χ2n) is 8.34. The van der Waals surface area contributed by atoms with Gasteiger partial charge in [-0.25, -0.2) is 0 Å². The first-order valence-electron chi connectivity index (χ1n) is 10.9. The van der Waals surface area contributed by atoms with Crippen molar-refractivity contribution in [3.8, 4) is 6.07 Å². The van der Waals surface area contributed by atoms with E-state index < -0.39 is 6.04 Å². The summed E-state index contributed by atoms with van der Waals surface area (Å²) < 4.78 is 0. The predicted molar refractivity (Wildman–Crippen MR) is 118 cm³/mol. The molecule has 0 spiro atoms. The zero-order valence-electron chi connectivity index (χ0n) is 17.2. The summed E-state index contributed by atoms with van der Waals surface area (Å²) in [5, 5.41) is 19.8. The number of nitrogens with zero attached hydrogens (tertiary/aromatic N) is 2. The Morgan fingerprint density at radius 3 is 2.23 bits per heavy atom. The van der Waals surface area contributed by atoms with E-state index in [1.54, 1.807) is 4.90 Å². The molecular weight excluding hydrogens is 372 g/mol. The third-order valence-electron chi connectivity index (χ3n) is 6.53. The van der Waals surface area contributed by atoms with Gasteiger partial charge in [-0.05, 0) is 29.5 Å². The molecule has 2 aromatic carbocycles. The molecule has 1 aliphatic heterocycles. The van der Waals surface area contributed by atoms with E-state index in [0.29, 0.717) is 0 Å². The third-order valence-corrected chi connectivity index (χ3v) is 6.53. The van der Waals surface area contributed by atoms with Crippen molar-refractivity contribution in [1.82, 2.24) is 4.90 Å². The topological polar surface area (TPSA) is 64.3 Å². The number of nitriles is 1. The molecule has 2 fully saturated rings. The minimum atomic E-state index is -0.498. The fourth-order valence-electron chi connectivity index (χ4n) is 4.86. The Bertz CT molecular complexity index is 924. The van der Waals surface area contributed by atoms with Crippen molar-refractivity contribution in [3.05, 3.63) is 71.3 Å². The van der Waals surface area contributed by atoms with E-state index in [4.69, 9.17) is 0 Å². The molecule has 4 heteroatoms. The zero-order valence-corrected chi connectivity index (χ0v) is 17.2. The second kappa shape index (κ2) is 9.28. The number of carbonyl (C=O) groups excluding carboxylic acids is 1. The standard InChI is InChI=1S/C26H28N2O2/c27-17-23-25(24(18-29)28(23)26(30)22-9-5-2-6-10-22)21-15-13-20(14-16-21)12-11-19-7-3-1-4-8-19/h1,3-4,7-8,11-16,22-25,29H,2,5-6,9-10,18H2/b12-11+/t23-,24-,25-/m1/s1. The maximum atomic E-state index is 13.0. The summed E-state index contributed by atoms with van der Waals surface area (Å²) in [6, 6.07) is 19.7. The number of aliphatic hydroxyl groups excluding tert-OH is 1. The SMILES string of the molecule is N#C[C@@H]1[C@@H](c2ccc(/C=C/c3ccccc3)cc2)[C@@H](CO)N1C(=O)C1CCCCC1. The largest absolute Gasteiger partial charge is 0.394 e. The molecule has 1 N–H and O–H groups in total. The van der Waals surface area contributed by atoms with Crippen LogP contribution in [0.5, 0.6) is 0 Å². The summed E-state index contributed by atoms with van der Waals surface area (Å²) in [7, 11) is 0. The highest BCUT2D eigenvalue weighted by atomic mass is 16.3. The van der Waals surface area contributed by atoms with E-state index in [-0.39, 0.29) is 30.4 Å². The first-order chi connectivity index (χ1) is 14.7. The minimum absolute atomic E-state index is 0.00935. The molecule has 1 saturated carbocycles. The minimum Gasteiger partial charge on any atom is -0.394 e. The molecular formula is C26H28N2O2. The number of carbonyl (C=O) groups is 1. The lowest BCUT2D eigenvalue weighted by atomic mass is 9.74. The van der Waals surface area contributed by atoms with Crippen LogP contribution in [0.2, 0.25) is 0 Å². The molecule has 0 bridgehead atoms. The van der Waals surface area contributed by atoms with Gasteiger partial charge >= 0.3 is 0 Å².